The first-order valence-electron chi connectivity index (χ1n) is 8.43. The molecule has 1 rings (SSSR count). The fraction of sp³-hybridized carbons (Fsp3) is 0.684. The zero-order valence-corrected chi connectivity index (χ0v) is 13.0. The molecule has 0 radical (unpaired) electrons. The molecule has 0 N–H and O–H groups in total. The molecule has 0 nitrogen and oxygen atoms in total. The second-order valence-electron chi connectivity index (χ2n) is 5.81. The van der Waals surface area contributed by atoms with Gasteiger partial charge in [0.25, 0.3) is 0 Å². The highest BCUT2D eigenvalue weighted by molar-refractivity contribution is 5.19. The van der Waals surface area contributed by atoms with Crippen LogP contribution >= 0.6 is 0 Å². The molecule has 0 saturated carbocycles. The Morgan fingerprint density at radius 2 is 1.26 bits per heavy atom. The first-order valence-corrected chi connectivity index (χ1v) is 8.43. The van der Waals surface area contributed by atoms with E-state index in [0.29, 0.717) is 0 Å². The van der Waals surface area contributed by atoms with Gasteiger partial charge < -0.3 is 0 Å². The molecular formula is C19H32. The third-order valence-electron chi connectivity index (χ3n) is 4.08. The lowest BCUT2D eigenvalue weighted by atomic mass is 9.88. The Hall–Kier alpha value is -0.780. The largest absolute Gasteiger partial charge is 0.0654 e. The summed E-state index contributed by atoms with van der Waals surface area (Å²) in [5.41, 5.74) is 1.56. The second kappa shape index (κ2) is 11.1. The maximum Gasteiger partial charge on any atom is -0.0162 e. The summed E-state index contributed by atoms with van der Waals surface area (Å²) >= 11 is 0. The molecule has 0 aliphatic rings. The van der Waals surface area contributed by atoms with Gasteiger partial charge in [-0.3, -0.25) is 0 Å². The summed E-state index contributed by atoms with van der Waals surface area (Å²) < 4.78 is 0. The minimum absolute atomic E-state index is 0.798. The van der Waals surface area contributed by atoms with E-state index in [0.717, 1.165) is 5.92 Å². The van der Waals surface area contributed by atoms with Gasteiger partial charge in [0, 0.05) is 0 Å². The van der Waals surface area contributed by atoms with E-state index < -0.39 is 0 Å². The van der Waals surface area contributed by atoms with Crippen LogP contribution in [-0.4, -0.2) is 0 Å². The summed E-state index contributed by atoms with van der Waals surface area (Å²) in [6.07, 6.45) is 13.9. The lowest BCUT2D eigenvalue weighted by Crippen LogP contribution is -1.99. The summed E-state index contributed by atoms with van der Waals surface area (Å²) in [5.74, 6) is 0.798. The second-order valence-corrected chi connectivity index (χ2v) is 5.81. The van der Waals surface area contributed by atoms with Crippen molar-refractivity contribution >= 4 is 0 Å². The van der Waals surface area contributed by atoms with Crippen LogP contribution in [0.25, 0.3) is 0 Å². The normalized spacial score (nSPS) is 12.5. The summed E-state index contributed by atoms with van der Waals surface area (Å²) in [6, 6.07) is 11.1. The summed E-state index contributed by atoms with van der Waals surface area (Å²) in [5, 5.41) is 0. The first kappa shape index (κ1) is 16.3. The van der Waals surface area contributed by atoms with E-state index in [1.807, 2.05) is 0 Å². The van der Waals surface area contributed by atoms with E-state index >= 15 is 0 Å². The maximum absolute atomic E-state index is 2.32. The summed E-state index contributed by atoms with van der Waals surface area (Å²) in [7, 11) is 0. The highest BCUT2D eigenvalue weighted by Crippen LogP contribution is 2.27. The molecule has 19 heavy (non-hydrogen) atoms. The van der Waals surface area contributed by atoms with Gasteiger partial charge in [-0.15, -0.1) is 0 Å². The molecule has 108 valence electrons. The minimum atomic E-state index is 0.798. The van der Waals surface area contributed by atoms with Crippen molar-refractivity contribution in [3.8, 4) is 0 Å². The number of unbranched alkanes of at least 4 members (excludes halogenated alkanes) is 6. The zero-order chi connectivity index (χ0) is 13.8. The van der Waals surface area contributed by atoms with Crippen LogP contribution < -0.4 is 0 Å². The van der Waals surface area contributed by atoms with E-state index in [1.165, 1.54) is 64.2 Å². The number of hydrogen-bond acceptors (Lipinski definition) is 0. The Kier molecular flexibility index (Phi) is 9.49. The van der Waals surface area contributed by atoms with E-state index in [-0.39, 0.29) is 0 Å². The van der Waals surface area contributed by atoms with Gasteiger partial charge >= 0.3 is 0 Å². The molecule has 0 amide bonds. The van der Waals surface area contributed by atoms with Gasteiger partial charge in [-0.2, -0.15) is 0 Å². The average molecular weight is 260 g/mol. The number of benzene rings is 1. The van der Waals surface area contributed by atoms with Crippen LogP contribution in [0.3, 0.4) is 0 Å². The standard InChI is InChI=1S/C19H32/c1-3-5-7-8-9-11-15-18(14-6-4-2)19-16-12-10-13-17-19/h10,12-13,16-18H,3-9,11,14-15H2,1-2H3/t18-/m1/s1. The van der Waals surface area contributed by atoms with Crippen LogP contribution in [0.15, 0.2) is 30.3 Å². The fourth-order valence-corrected chi connectivity index (χ4v) is 2.82. The van der Waals surface area contributed by atoms with Gasteiger partial charge in [-0.1, -0.05) is 95.5 Å². The van der Waals surface area contributed by atoms with Gasteiger partial charge in [0.05, 0.1) is 0 Å². The predicted octanol–water partition coefficient (Wildman–Crippen LogP) is 6.71. The number of rotatable bonds is 11. The fourth-order valence-electron chi connectivity index (χ4n) is 2.82. The molecule has 0 saturated heterocycles. The van der Waals surface area contributed by atoms with Gasteiger partial charge in [-0.25, -0.2) is 0 Å². The van der Waals surface area contributed by atoms with Crippen LogP contribution in [0.4, 0.5) is 0 Å². The lowest BCUT2D eigenvalue weighted by Gasteiger charge is -2.17. The monoisotopic (exact) mass is 260 g/mol. The van der Waals surface area contributed by atoms with Gasteiger partial charge in [0.15, 0.2) is 0 Å². The lowest BCUT2D eigenvalue weighted by molar-refractivity contribution is 0.502. The van der Waals surface area contributed by atoms with Crippen molar-refractivity contribution in [2.75, 3.05) is 0 Å². The Morgan fingerprint density at radius 3 is 1.95 bits per heavy atom. The van der Waals surface area contributed by atoms with Crippen LogP contribution in [-0.2, 0) is 0 Å². The van der Waals surface area contributed by atoms with Crippen molar-refractivity contribution in [3.63, 3.8) is 0 Å². The van der Waals surface area contributed by atoms with Crippen LogP contribution in [0.5, 0.6) is 0 Å². The summed E-state index contributed by atoms with van der Waals surface area (Å²) in [6.45, 7) is 4.59. The third kappa shape index (κ3) is 7.40. The van der Waals surface area contributed by atoms with Crippen molar-refractivity contribution in [1.29, 1.82) is 0 Å². The first-order chi connectivity index (χ1) is 9.38. The van der Waals surface area contributed by atoms with Gasteiger partial charge in [0.2, 0.25) is 0 Å². The molecule has 0 aliphatic carbocycles. The van der Waals surface area contributed by atoms with Gasteiger partial charge in [0.1, 0.15) is 0 Å². The Morgan fingerprint density at radius 1 is 0.684 bits per heavy atom. The van der Waals surface area contributed by atoms with Crippen LogP contribution in [0.2, 0.25) is 0 Å². The van der Waals surface area contributed by atoms with Crippen molar-refractivity contribution in [2.45, 2.75) is 84.0 Å². The Bertz CT molecular complexity index is 288. The van der Waals surface area contributed by atoms with E-state index in [4.69, 9.17) is 0 Å². The molecule has 0 bridgehead atoms. The third-order valence-corrected chi connectivity index (χ3v) is 4.08. The van der Waals surface area contributed by atoms with Gasteiger partial charge in [-0.05, 0) is 24.3 Å². The smallest absolute Gasteiger partial charge is 0.0162 e. The number of hydrogen-bond donors (Lipinski definition) is 0. The Labute approximate surface area is 120 Å². The van der Waals surface area contributed by atoms with Crippen LogP contribution in [0, 0.1) is 0 Å². The molecule has 0 heterocycles. The average Bonchev–Trinajstić information content (AvgIpc) is 2.46. The molecule has 0 unspecified atom stereocenters. The highest BCUT2D eigenvalue weighted by atomic mass is 14.1. The summed E-state index contributed by atoms with van der Waals surface area (Å²) in [4.78, 5) is 0. The Balaban J connectivity index is 2.30. The zero-order valence-electron chi connectivity index (χ0n) is 13.0. The topological polar surface area (TPSA) is 0 Å². The molecule has 0 aliphatic heterocycles. The molecule has 1 aromatic rings. The highest BCUT2D eigenvalue weighted by Gasteiger charge is 2.10. The molecule has 0 heteroatoms. The van der Waals surface area contributed by atoms with Crippen molar-refractivity contribution < 1.29 is 0 Å². The maximum atomic E-state index is 2.32. The molecular weight excluding hydrogens is 228 g/mol. The van der Waals surface area contributed by atoms with E-state index in [9.17, 15) is 0 Å². The minimum Gasteiger partial charge on any atom is -0.0654 e. The SMILES string of the molecule is CCCCCCCC[C@@H](CCCC)c1ccccc1. The molecule has 0 fully saturated rings. The van der Waals surface area contributed by atoms with Crippen LogP contribution in [0.1, 0.15) is 89.5 Å². The van der Waals surface area contributed by atoms with Crippen molar-refractivity contribution in [3.05, 3.63) is 35.9 Å². The molecule has 0 aromatic heterocycles. The predicted molar refractivity (Wildman–Crippen MR) is 86.7 cm³/mol. The molecule has 1 atom stereocenters. The van der Waals surface area contributed by atoms with Crippen molar-refractivity contribution in [2.24, 2.45) is 0 Å². The van der Waals surface area contributed by atoms with E-state index in [2.05, 4.69) is 44.2 Å². The van der Waals surface area contributed by atoms with E-state index in [1.54, 1.807) is 5.56 Å². The van der Waals surface area contributed by atoms with Crippen molar-refractivity contribution in [1.82, 2.24) is 0 Å². The quantitative estimate of drug-likeness (QED) is 0.388. The molecule has 1 aromatic carbocycles. The molecule has 0 spiro atoms.